The summed E-state index contributed by atoms with van der Waals surface area (Å²) in [6, 6.07) is 0.0617. The fraction of sp³-hybridized carbons (Fsp3) is 0.769. The molecule has 18 heavy (non-hydrogen) atoms. The van der Waals surface area contributed by atoms with Gasteiger partial charge in [-0.3, -0.25) is 4.90 Å². The van der Waals surface area contributed by atoms with Gasteiger partial charge in [0.2, 0.25) is 0 Å². The zero-order chi connectivity index (χ0) is 13.1. The molecule has 1 aliphatic heterocycles. The second kappa shape index (κ2) is 6.10. The molecule has 2 heterocycles. The highest BCUT2D eigenvalue weighted by molar-refractivity contribution is 7.11. The molecule has 1 aromatic rings. The number of hydrogen-bond donors (Lipinski definition) is 1. The number of morpholine rings is 1. The van der Waals surface area contributed by atoms with Crippen LogP contribution in [0.2, 0.25) is 0 Å². The molecule has 1 aliphatic rings. The van der Waals surface area contributed by atoms with Crippen molar-refractivity contribution in [2.75, 3.05) is 26.2 Å². The molecule has 0 aliphatic carbocycles. The van der Waals surface area contributed by atoms with Gasteiger partial charge in [0.25, 0.3) is 0 Å². The van der Waals surface area contributed by atoms with E-state index in [1.54, 1.807) is 11.3 Å². The van der Waals surface area contributed by atoms with Crippen LogP contribution < -0.4 is 5.73 Å². The van der Waals surface area contributed by atoms with Crippen LogP contribution in [0.5, 0.6) is 0 Å². The van der Waals surface area contributed by atoms with Gasteiger partial charge < -0.3 is 10.5 Å². The first-order valence-corrected chi connectivity index (χ1v) is 7.50. The maximum absolute atomic E-state index is 5.95. The van der Waals surface area contributed by atoms with Crippen molar-refractivity contribution in [2.45, 2.75) is 39.3 Å². The van der Waals surface area contributed by atoms with Crippen LogP contribution in [0.4, 0.5) is 0 Å². The maximum Gasteiger partial charge on any atom is 0.123 e. The van der Waals surface area contributed by atoms with E-state index in [2.05, 4.69) is 16.8 Å². The molecule has 102 valence electrons. The van der Waals surface area contributed by atoms with Crippen molar-refractivity contribution in [1.29, 1.82) is 0 Å². The number of ether oxygens (including phenoxy) is 1. The summed E-state index contributed by atoms with van der Waals surface area (Å²) in [5.41, 5.74) is 7.01. The second-order valence-corrected chi connectivity index (χ2v) is 6.01. The third kappa shape index (κ3) is 3.09. The number of aryl methyl sites for hydroxylation is 1. The first-order chi connectivity index (χ1) is 8.61. The van der Waals surface area contributed by atoms with Gasteiger partial charge in [0.05, 0.1) is 12.3 Å². The van der Waals surface area contributed by atoms with E-state index in [4.69, 9.17) is 10.5 Å². The van der Waals surface area contributed by atoms with E-state index >= 15 is 0 Å². The van der Waals surface area contributed by atoms with Crippen molar-refractivity contribution < 1.29 is 4.74 Å². The van der Waals surface area contributed by atoms with Gasteiger partial charge in [0, 0.05) is 24.0 Å². The minimum atomic E-state index is 0.0617. The van der Waals surface area contributed by atoms with E-state index in [9.17, 15) is 0 Å². The largest absolute Gasteiger partial charge is 0.368 e. The molecule has 0 saturated carbocycles. The summed E-state index contributed by atoms with van der Waals surface area (Å²) in [4.78, 5) is 8.27. The van der Waals surface area contributed by atoms with E-state index < -0.39 is 0 Å². The normalized spacial score (nSPS) is 23.2. The third-order valence-corrected chi connectivity index (χ3v) is 4.68. The molecular formula is C13H23N3OS. The number of nitrogens with two attached hydrogens (primary N) is 1. The van der Waals surface area contributed by atoms with Gasteiger partial charge in [-0.15, -0.1) is 11.3 Å². The molecule has 4 nitrogen and oxygen atoms in total. The Bertz CT molecular complexity index is 390. The van der Waals surface area contributed by atoms with E-state index in [0.717, 1.165) is 36.9 Å². The number of nitrogens with zero attached hydrogens (tertiary/aromatic N) is 2. The van der Waals surface area contributed by atoms with Crippen LogP contribution in [0.3, 0.4) is 0 Å². The molecule has 1 fully saturated rings. The lowest BCUT2D eigenvalue weighted by molar-refractivity contribution is -0.0299. The molecule has 0 aromatic carbocycles. The molecule has 2 N–H and O–H groups in total. The predicted molar refractivity (Wildman–Crippen MR) is 74.9 cm³/mol. The van der Waals surface area contributed by atoms with E-state index in [1.807, 2.05) is 13.8 Å². The predicted octanol–water partition coefficient (Wildman–Crippen LogP) is 2.25. The highest BCUT2D eigenvalue weighted by atomic mass is 32.1. The van der Waals surface area contributed by atoms with Crippen LogP contribution in [0.15, 0.2) is 0 Å². The zero-order valence-electron chi connectivity index (χ0n) is 11.5. The van der Waals surface area contributed by atoms with Crippen molar-refractivity contribution in [3.05, 3.63) is 15.6 Å². The summed E-state index contributed by atoms with van der Waals surface area (Å²) in [7, 11) is 0. The van der Waals surface area contributed by atoms with Crippen molar-refractivity contribution in [3.8, 4) is 0 Å². The van der Waals surface area contributed by atoms with Crippen molar-refractivity contribution in [1.82, 2.24) is 9.88 Å². The van der Waals surface area contributed by atoms with Gasteiger partial charge in [-0.05, 0) is 26.8 Å². The van der Waals surface area contributed by atoms with Crippen LogP contribution >= 0.6 is 11.3 Å². The molecule has 2 atom stereocenters. The third-order valence-electron chi connectivity index (χ3n) is 3.23. The van der Waals surface area contributed by atoms with E-state index in [1.165, 1.54) is 11.3 Å². The van der Waals surface area contributed by atoms with Gasteiger partial charge in [0.1, 0.15) is 11.1 Å². The molecule has 0 bridgehead atoms. The second-order valence-electron chi connectivity index (χ2n) is 4.95. The average molecular weight is 269 g/mol. The van der Waals surface area contributed by atoms with Gasteiger partial charge >= 0.3 is 0 Å². The van der Waals surface area contributed by atoms with Gasteiger partial charge in [-0.25, -0.2) is 4.98 Å². The first-order valence-electron chi connectivity index (χ1n) is 6.68. The molecule has 1 aromatic heterocycles. The summed E-state index contributed by atoms with van der Waals surface area (Å²) < 4.78 is 5.85. The van der Waals surface area contributed by atoms with Crippen molar-refractivity contribution in [3.63, 3.8) is 0 Å². The summed E-state index contributed by atoms with van der Waals surface area (Å²) in [5, 5.41) is 1.08. The Morgan fingerprint density at radius 3 is 3.00 bits per heavy atom. The highest BCUT2D eigenvalue weighted by Crippen LogP contribution is 2.31. The Hall–Kier alpha value is -0.490. The molecule has 0 spiro atoms. The fourth-order valence-electron chi connectivity index (χ4n) is 2.36. The maximum atomic E-state index is 5.95. The minimum absolute atomic E-state index is 0.0617. The number of hydrogen-bond acceptors (Lipinski definition) is 5. The molecule has 0 amide bonds. The zero-order valence-corrected chi connectivity index (χ0v) is 12.3. The molecular weight excluding hydrogens is 246 g/mol. The van der Waals surface area contributed by atoms with Crippen LogP contribution in [0, 0.1) is 6.92 Å². The Balaban J connectivity index is 2.08. The molecule has 2 unspecified atom stereocenters. The number of rotatable bonds is 4. The summed E-state index contributed by atoms with van der Waals surface area (Å²) in [6.07, 6.45) is 1.32. The quantitative estimate of drug-likeness (QED) is 0.911. The lowest BCUT2D eigenvalue weighted by atomic mass is 10.2. The average Bonchev–Trinajstić information content (AvgIpc) is 2.72. The first kappa shape index (κ1) is 13.9. The summed E-state index contributed by atoms with van der Waals surface area (Å²) >= 11 is 1.71. The Kier molecular flexibility index (Phi) is 4.72. The summed E-state index contributed by atoms with van der Waals surface area (Å²) in [5.74, 6) is 0. The Morgan fingerprint density at radius 2 is 2.39 bits per heavy atom. The smallest absolute Gasteiger partial charge is 0.123 e. The van der Waals surface area contributed by atoms with Gasteiger partial charge in [-0.2, -0.15) is 0 Å². The van der Waals surface area contributed by atoms with Gasteiger partial charge in [0.15, 0.2) is 0 Å². The van der Waals surface area contributed by atoms with Crippen LogP contribution in [-0.4, -0.2) is 36.1 Å². The lowest BCUT2D eigenvalue weighted by Gasteiger charge is -2.31. The standard InChI is InChI=1S/C13H23N3OS/c1-4-5-16-6-7-17-11(8-16)13-15-10(3)12(18-13)9(2)14/h9,11H,4-8,14H2,1-3H3. The fourth-order valence-corrected chi connectivity index (χ4v) is 3.42. The number of aromatic nitrogens is 1. The monoisotopic (exact) mass is 269 g/mol. The van der Waals surface area contributed by atoms with Crippen molar-refractivity contribution >= 4 is 11.3 Å². The van der Waals surface area contributed by atoms with E-state index in [0.29, 0.717) is 0 Å². The highest BCUT2D eigenvalue weighted by Gasteiger charge is 2.25. The van der Waals surface area contributed by atoms with Crippen molar-refractivity contribution in [2.24, 2.45) is 5.73 Å². The van der Waals surface area contributed by atoms with E-state index in [-0.39, 0.29) is 12.1 Å². The topological polar surface area (TPSA) is 51.4 Å². The lowest BCUT2D eigenvalue weighted by Crippen LogP contribution is -2.38. The Labute approximate surface area is 113 Å². The Morgan fingerprint density at radius 1 is 1.61 bits per heavy atom. The molecule has 1 saturated heterocycles. The molecule has 5 heteroatoms. The molecule has 2 rings (SSSR count). The van der Waals surface area contributed by atoms with Crippen LogP contribution in [-0.2, 0) is 4.74 Å². The summed E-state index contributed by atoms with van der Waals surface area (Å²) in [6.45, 7) is 10.2. The SMILES string of the molecule is CCCN1CCOC(c2nc(C)c(C(C)N)s2)C1. The van der Waals surface area contributed by atoms with Gasteiger partial charge in [-0.1, -0.05) is 6.92 Å². The number of thiazole rings is 1. The van der Waals surface area contributed by atoms with Crippen LogP contribution in [0.25, 0.3) is 0 Å². The molecule has 0 radical (unpaired) electrons. The minimum Gasteiger partial charge on any atom is -0.368 e. The van der Waals surface area contributed by atoms with Crippen LogP contribution in [0.1, 0.15) is 48.0 Å².